The van der Waals surface area contributed by atoms with Gasteiger partial charge in [-0.15, -0.1) is 0 Å². The van der Waals surface area contributed by atoms with Crippen LogP contribution in [0.2, 0.25) is 5.02 Å². The van der Waals surface area contributed by atoms with Gasteiger partial charge in [0.05, 0.1) is 12.1 Å². The largest absolute Gasteiger partial charge is 0.495 e. The van der Waals surface area contributed by atoms with Crippen LogP contribution in [-0.2, 0) is 5.54 Å². The Kier molecular flexibility index (Phi) is 4.01. The molecule has 1 aliphatic rings. The highest BCUT2D eigenvalue weighted by molar-refractivity contribution is 9.10. The molecule has 1 saturated carbocycles. The molecule has 1 fully saturated rings. The molecule has 1 aromatic rings. The molecule has 17 heavy (non-hydrogen) atoms. The van der Waals surface area contributed by atoms with E-state index in [-0.39, 0.29) is 5.54 Å². The number of hydrogen-bond donors (Lipinski definition) is 1. The first kappa shape index (κ1) is 13.2. The van der Waals surface area contributed by atoms with Crippen molar-refractivity contribution in [3.05, 3.63) is 27.2 Å². The van der Waals surface area contributed by atoms with Gasteiger partial charge in [0.25, 0.3) is 0 Å². The molecule has 0 amide bonds. The Morgan fingerprint density at radius 3 is 2.53 bits per heavy atom. The van der Waals surface area contributed by atoms with E-state index in [9.17, 15) is 0 Å². The van der Waals surface area contributed by atoms with Crippen molar-refractivity contribution < 1.29 is 4.74 Å². The molecule has 2 N–H and O–H groups in total. The fraction of sp³-hybridized carbons (Fsp3) is 0.538. The first-order valence-corrected chi connectivity index (χ1v) is 7.06. The van der Waals surface area contributed by atoms with E-state index in [0.717, 1.165) is 28.6 Å². The minimum absolute atomic E-state index is 0.295. The lowest BCUT2D eigenvalue weighted by molar-refractivity contribution is 0.289. The Balaban J connectivity index is 2.49. The first-order chi connectivity index (χ1) is 8.07. The topological polar surface area (TPSA) is 35.2 Å². The van der Waals surface area contributed by atoms with Crippen molar-refractivity contribution in [3.63, 3.8) is 0 Å². The van der Waals surface area contributed by atoms with E-state index in [2.05, 4.69) is 15.9 Å². The monoisotopic (exact) mass is 317 g/mol. The maximum atomic E-state index is 6.54. The summed E-state index contributed by atoms with van der Waals surface area (Å²) in [7, 11) is 1.64. The third-order valence-electron chi connectivity index (χ3n) is 3.49. The zero-order chi connectivity index (χ0) is 12.5. The second-order valence-corrected chi connectivity index (χ2v) is 6.01. The van der Waals surface area contributed by atoms with Crippen LogP contribution in [0.1, 0.15) is 37.7 Å². The van der Waals surface area contributed by atoms with Crippen molar-refractivity contribution in [2.45, 2.75) is 37.6 Å². The van der Waals surface area contributed by atoms with Gasteiger partial charge in [-0.05, 0) is 25.0 Å². The molecule has 2 rings (SSSR count). The van der Waals surface area contributed by atoms with Gasteiger partial charge in [0.2, 0.25) is 0 Å². The summed E-state index contributed by atoms with van der Waals surface area (Å²) in [5, 5.41) is 0.618. The number of nitrogens with two attached hydrogens (primary N) is 1. The van der Waals surface area contributed by atoms with Gasteiger partial charge in [-0.3, -0.25) is 0 Å². The first-order valence-electron chi connectivity index (χ1n) is 5.89. The van der Waals surface area contributed by atoms with Crippen LogP contribution in [-0.4, -0.2) is 7.11 Å². The van der Waals surface area contributed by atoms with Crippen LogP contribution >= 0.6 is 27.5 Å². The van der Waals surface area contributed by atoms with Gasteiger partial charge in [0.1, 0.15) is 5.75 Å². The van der Waals surface area contributed by atoms with E-state index in [4.69, 9.17) is 22.1 Å². The minimum atomic E-state index is -0.295. The number of benzene rings is 1. The summed E-state index contributed by atoms with van der Waals surface area (Å²) in [5.41, 5.74) is 7.27. The summed E-state index contributed by atoms with van der Waals surface area (Å²) in [6, 6.07) is 3.88. The zero-order valence-corrected chi connectivity index (χ0v) is 12.3. The predicted molar refractivity (Wildman–Crippen MR) is 74.7 cm³/mol. The summed E-state index contributed by atoms with van der Waals surface area (Å²) >= 11 is 9.68. The molecule has 0 radical (unpaired) electrons. The molecule has 0 atom stereocenters. The highest BCUT2D eigenvalue weighted by Gasteiger charge is 2.33. The van der Waals surface area contributed by atoms with Gasteiger partial charge >= 0.3 is 0 Å². The number of rotatable bonds is 2. The summed E-state index contributed by atoms with van der Waals surface area (Å²) < 4.78 is 6.37. The van der Waals surface area contributed by atoms with Crippen LogP contribution in [0.5, 0.6) is 5.75 Å². The molecule has 0 bridgehead atoms. The maximum Gasteiger partial charge on any atom is 0.142 e. The van der Waals surface area contributed by atoms with Crippen molar-refractivity contribution in [1.82, 2.24) is 0 Å². The number of methoxy groups -OCH3 is 1. The molecular weight excluding hydrogens is 302 g/mol. The molecule has 1 aliphatic carbocycles. The van der Waals surface area contributed by atoms with Gasteiger partial charge in [-0.2, -0.15) is 0 Å². The Labute approximate surface area is 116 Å². The van der Waals surface area contributed by atoms with Crippen LogP contribution in [0.15, 0.2) is 16.6 Å². The fourth-order valence-electron chi connectivity index (χ4n) is 2.59. The van der Waals surface area contributed by atoms with Crippen molar-refractivity contribution in [2.24, 2.45) is 5.73 Å². The quantitative estimate of drug-likeness (QED) is 0.885. The third-order valence-corrected chi connectivity index (χ3v) is 4.23. The molecule has 0 saturated heterocycles. The van der Waals surface area contributed by atoms with Gasteiger partial charge in [0, 0.05) is 15.6 Å². The second kappa shape index (κ2) is 5.17. The van der Waals surface area contributed by atoms with E-state index in [1.165, 1.54) is 19.3 Å². The van der Waals surface area contributed by atoms with Gasteiger partial charge in [0.15, 0.2) is 0 Å². The number of ether oxygens (including phenoxy) is 1. The molecule has 4 heteroatoms. The maximum absolute atomic E-state index is 6.54. The Morgan fingerprint density at radius 1 is 1.29 bits per heavy atom. The SMILES string of the molecule is COc1c(Cl)cc(Br)cc1C1(N)CCCCC1. The summed E-state index contributed by atoms with van der Waals surface area (Å²) in [4.78, 5) is 0. The van der Waals surface area contributed by atoms with E-state index in [1.807, 2.05) is 12.1 Å². The number of halogens is 2. The summed E-state index contributed by atoms with van der Waals surface area (Å²) in [6.07, 6.45) is 5.60. The van der Waals surface area contributed by atoms with E-state index in [0.29, 0.717) is 5.02 Å². The second-order valence-electron chi connectivity index (χ2n) is 4.69. The predicted octanol–water partition coefficient (Wildman–Crippen LogP) is 4.23. The summed E-state index contributed by atoms with van der Waals surface area (Å²) in [6.45, 7) is 0. The molecule has 1 aromatic carbocycles. The van der Waals surface area contributed by atoms with Crippen LogP contribution in [0.25, 0.3) is 0 Å². The zero-order valence-electron chi connectivity index (χ0n) is 9.93. The van der Waals surface area contributed by atoms with E-state index >= 15 is 0 Å². The van der Waals surface area contributed by atoms with Gasteiger partial charge in [-0.1, -0.05) is 46.8 Å². The molecular formula is C13H17BrClNO. The average Bonchev–Trinajstić information content (AvgIpc) is 2.29. The van der Waals surface area contributed by atoms with Crippen LogP contribution in [0, 0.1) is 0 Å². The van der Waals surface area contributed by atoms with Crippen molar-refractivity contribution >= 4 is 27.5 Å². The number of hydrogen-bond acceptors (Lipinski definition) is 2. The van der Waals surface area contributed by atoms with E-state index in [1.54, 1.807) is 7.11 Å². The van der Waals surface area contributed by atoms with Crippen molar-refractivity contribution in [2.75, 3.05) is 7.11 Å². The van der Waals surface area contributed by atoms with Crippen LogP contribution in [0.4, 0.5) is 0 Å². The van der Waals surface area contributed by atoms with Crippen LogP contribution in [0.3, 0.4) is 0 Å². The normalized spacial score (nSPS) is 19.1. The smallest absolute Gasteiger partial charge is 0.142 e. The molecule has 0 heterocycles. The van der Waals surface area contributed by atoms with Crippen LogP contribution < -0.4 is 10.5 Å². The molecule has 2 nitrogen and oxygen atoms in total. The highest BCUT2D eigenvalue weighted by Crippen LogP contribution is 2.43. The molecule has 0 aliphatic heterocycles. The lowest BCUT2D eigenvalue weighted by atomic mass is 9.77. The Morgan fingerprint density at radius 2 is 1.94 bits per heavy atom. The average molecular weight is 319 g/mol. The summed E-state index contributed by atoms with van der Waals surface area (Å²) in [5.74, 6) is 0.722. The van der Waals surface area contributed by atoms with Gasteiger partial charge in [-0.25, -0.2) is 0 Å². The van der Waals surface area contributed by atoms with Crippen molar-refractivity contribution in [3.8, 4) is 5.75 Å². The van der Waals surface area contributed by atoms with Crippen molar-refractivity contribution in [1.29, 1.82) is 0 Å². The third kappa shape index (κ3) is 2.61. The molecule has 0 spiro atoms. The lowest BCUT2D eigenvalue weighted by Gasteiger charge is -2.35. The fourth-order valence-corrected chi connectivity index (χ4v) is 3.48. The van der Waals surface area contributed by atoms with E-state index < -0.39 is 0 Å². The molecule has 0 aromatic heterocycles. The molecule has 0 unspecified atom stereocenters. The Hall–Kier alpha value is -0.250. The highest BCUT2D eigenvalue weighted by atomic mass is 79.9. The lowest BCUT2D eigenvalue weighted by Crippen LogP contribution is -2.39. The standard InChI is InChI=1S/C13H17BrClNO/c1-17-12-10(7-9(14)8-11(12)15)13(16)5-3-2-4-6-13/h7-8H,2-6,16H2,1H3. The minimum Gasteiger partial charge on any atom is -0.495 e. The van der Waals surface area contributed by atoms with Gasteiger partial charge < -0.3 is 10.5 Å². The Bertz CT molecular complexity index is 416. The molecule has 94 valence electrons.